The van der Waals surface area contributed by atoms with E-state index in [1.807, 2.05) is 0 Å². The molecule has 2 N–H and O–H groups in total. The van der Waals surface area contributed by atoms with Gasteiger partial charge in [0.1, 0.15) is 5.69 Å². The van der Waals surface area contributed by atoms with Gasteiger partial charge in [-0.05, 0) is 17.3 Å². The number of anilines is 1. The van der Waals surface area contributed by atoms with Gasteiger partial charge in [0.15, 0.2) is 0 Å². The minimum absolute atomic E-state index is 0.0444. The summed E-state index contributed by atoms with van der Waals surface area (Å²) in [6.45, 7) is 0. The van der Waals surface area contributed by atoms with E-state index in [4.69, 9.17) is 5.73 Å². The van der Waals surface area contributed by atoms with Crippen LogP contribution in [0.2, 0.25) is 0 Å². The molecule has 1 aromatic rings. The molecule has 0 radical (unpaired) electrons. The molecule has 1 aromatic carbocycles. The van der Waals surface area contributed by atoms with E-state index in [1.54, 1.807) is 0 Å². The lowest BCUT2D eigenvalue weighted by molar-refractivity contribution is 0.0602. The number of rotatable bonds is 2. The van der Waals surface area contributed by atoms with Crippen molar-refractivity contribution >= 4 is 17.3 Å². The number of nitrogens with zero attached hydrogens (tertiary/aromatic N) is 1. The summed E-state index contributed by atoms with van der Waals surface area (Å²) in [4.78, 5) is 21.3. The molecule has 0 aliphatic carbocycles. The molecule has 13 heavy (non-hydrogen) atoms. The monoisotopic (exact) mass is 180 g/mol. The van der Waals surface area contributed by atoms with E-state index in [0.717, 1.165) is 0 Å². The Balaban J connectivity index is 3.23. The maximum atomic E-state index is 11.1. The van der Waals surface area contributed by atoms with Crippen LogP contribution in [0.15, 0.2) is 23.4 Å². The lowest BCUT2D eigenvalue weighted by Gasteiger charge is -2.03. The molecule has 1 rings (SSSR count). The third-order valence-corrected chi connectivity index (χ3v) is 1.59. The van der Waals surface area contributed by atoms with Crippen molar-refractivity contribution in [3.05, 3.63) is 28.7 Å². The Morgan fingerprint density at radius 2 is 2.23 bits per heavy atom. The van der Waals surface area contributed by atoms with Gasteiger partial charge in [-0.15, -0.1) is 4.91 Å². The lowest BCUT2D eigenvalue weighted by Crippen LogP contribution is -2.05. The SMILES string of the molecule is COC(=O)c1cccc(N=O)c1N. The van der Waals surface area contributed by atoms with Crippen LogP contribution in [-0.4, -0.2) is 13.1 Å². The number of hydrogen-bond donors (Lipinski definition) is 1. The van der Waals surface area contributed by atoms with E-state index < -0.39 is 5.97 Å². The Labute approximate surface area is 74.5 Å². The van der Waals surface area contributed by atoms with E-state index in [0.29, 0.717) is 0 Å². The molecule has 5 heteroatoms. The van der Waals surface area contributed by atoms with Crippen LogP contribution in [0.3, 0.4) is 0 Å². The second-order valence-electron chi connectivity index (χ2n) is 2.32. The van der Waals surface area contributed by atoms with E-state index in [-0.39, 0.29) is 16.9 Å². The number of benzene rings is 1. The Bertz CT molecular complexity index is 349. The van der Waals surface area contributed by atoms with Gasteiger partial charge >= 0.3 is 5.97 Å². The molecular formula is C8H8N2O3. The fourth-order valence-corrected chi connectivity index (χ4v) is 0.921. The molecule has 0 amide bonds. The van der Waals surface area contributed by atoms with Crippen LogP contribution in [-0.2, 0) is 4.74 Å². The van der Waals surface area contributed by atoms with Crippen molar-refractivity contribution in [2.24, 2.45) is 5.18 Å². The highest BCUT2D eigenvalue weighted by Gasteiger charge is 2.12. The Morgan fingerprint density at radius 1 is 1.54 bits per heavy atom. The molecule has 0 saturated carbocycles. The van der Waals surface area contributed by atoms with E-state index >= 15 is 0 Å². The van der Waals surface area contributed by atoms with Crippen molar-refractivity contribution in [2.45, 2.75) is 0 Å². The Hall–Kier alpha value is -1.91. The average molecular weight is 180 g/mol. The second kappa shape index (κ2) is 3.66. The first-order valence-corrected chi connectivity index (χ1v) is 3.51. The fourth-order valence-electron chi connectivity index (χ4n) is 0.921. The third kappa shape index (κ3) is 1.64. The number of carbonyl (C=O) groups is 1. The van der Waals surface area contributed by atoms with Crippen LogP contribution in [0.25, 0.3) is 0 Å². The Morgan fingerprint density at radius 3 is 2.77 bits per heavy atom. The van der Waals surface area contributed by atoms with Gasteiger partial charge in [0.2, 0.25) is 0 Å². The van der Waals surface area contributed by atoms with Crippen LogP contribution >= 0.6 is 0 Å². The van der Waals surface area contributed by atoms with Crippen molar-refractivity contribution in [3.8, 4) is 0 Å². The molecule has 68 valence electrons. The summed E-state index contributed by atoms with van der Waals surface area (Å²) in [5.41, 5.74) is 5.72. The zero-order chi connectivity index (χ0) is 9.84. The highest BCUT2D eigenvalue weighted by molar-refractivity contribution is 5.97. The van der Waals surface area contributed by atoms with Gasteiger partial charge in [0, 0.05) is 0 Å². The highest BCUT2D eigenvalue weighted by atomic mass is 16.5. The normalized spacial score (nSPS) is 9.31. The van der Waals surface area contributed by atoms with Crippen LogP contribution in [0.1, 0.15) is 10.4 Å². The first-order valence-electron chi connectivity index (χ1n) is 3.51. The lowest BCUT2D eigenvalue weighted by atomic mass is 10.1. The van der Waals surface area contributed by atoms with Gasteiger partial charge in [-0.3, -0.25) is 0 Å². The minimum Gasteiger partial charge on any atom is -0.465 e. The summed E-state index contributed by atoms with van der Waals surface area (Å²) >= 11 is 0. The number of nitrogen functional groups attached to an aromatic ring is 1. The third-order valence-electron chi connectivity index (χ3n) is 1.59. The van der Waals surface area contributed by atoms with E-state index in [2.05, 4.69) is 9.91 Å². The average Bonchev–Trinajstić information content (AvgIpc) is 2.17. The first kappa shape index (κ1) is 9.18. The standard InChI is InChI=1S/C8H8N2O3/c1-13-8(11)5-3-2-4-6(10-12)7(5)9/h2-4H,9H2,1H3. The molecule has 5 nitrogen and oxygen atoms in total. The van der Waals surface area contributed by atoms with Crippen molar-refractivity contribution in [1.82, 2.24) is 0 Å². The summed E-state index contributed by atoms with van der Waals surface area (Å²) in [5, 5.41) is 2.66. The zero-order valence-electron chi connectivity index (χ0n) is 6.98. The van der Waals surface area contributed by atoms with Gasteiger partial charge in [-0.25, -0.2) is 4.79 Å². The van der Waals surface area contributed by atoms with Gasteiger partial charge in [-0.1, -0.05) is 6.07 Å². The van der Waals surface area contributed by atoms with Gasteiger partial charge in [0.05, 0.1) is 18.4 Å². The molecule has 0 spiro atoms. The summed E-state index contributed by atoms with van der Waals surface area (Å²) in [7, 11) is 1.24. The largest absolute Gasteiger partial charge is 0.465 e. The van der Waals surface area contributed by atoms with Crippen molar-refractivity contribution in [1.29, 1.82) is 0 Å². The number of esters is 1. The summed E-state index contributed by atoms with van der Waals surface area (Å²) < 4.78 is 4.45. The number of ether oxygens (including phenoxy) is 1. The molecule has 0 aliphatic heterocycles. The van der Waals surface area contributed by atoms with Crippen LogP contribution in [0.4, 0.5) is 11.4 Å². The number of nitrogens with two attached hydrogens (primary N) is 1. The molecule has 0 fully saturated rings. The number of hydrogen-bond acceptors (Lipinski definition) is 5. The fraction of sp³-hybridized carbons (Fsp3) is 0.125. The van der Waals surface area contributed by atoms with E-state index in [1.165, 1.54) is 25.3 Å². The molecule has 0 saturated heterocycles. The molecular weight excluding hydrogens is 172 g/mol. The van der Waals surface area contributed by atoms with Crippen LogP contribution < -0.4 is 5.73 Å². The smallest absolute Gasteiger partial charge is 0.340 e. The molecule has 0 aliphatic rings. The molecule has 0 aromatic heterocycles. The second-order valence-corrected chi connectivity index (χ2v) is 2.32. The van der Waals surface area contributed by atoms with Gasteiger partial charge < -0.3 is 10.5 Å². The summed E-state index contributed by atoms with van der Waals surface area (Å²) in [5.74, 6) is -0.581. The number of nitroso groups, excluding NO2 is 1. The van der Waals surface area contributed by atoms with Gasteiger partial charge in [-0.2, -0.15) is 0 Å². The topological polar surface area (TPSA) is 81.8 Å². The van der Waals surface area contributed by atoms with E-state index in [9.17, 15) is 9.70 Å². The highest BCUT2D eigenvalue weighted by Crippen LogP contribution is 2.25. The summed E-state index contributed by atoms with van der Waals surface area (Å²) in [6, 6.07) is 4.41. The zero-order valence-corrected chi connectivity index (χ0v) is 6.98. The number of methoxy groups -OCH3 is 1. The minimum atomic E-state index is -0.581. The predicted molar refractivity (Wildman–Crippen MR) is 47.6 cm³/mol. The number of carbonyl (C=O) groups excluding carboxylic acids is 1. The number of para-hydroxylation sites is 1. The molecule has 0 unspecified atom stereocenters. The Kier molecular flexibility index (Phi) is 2.59. The van der Waals surface area contributed by atoms with Crippen LogP contribution in [0, 0.1) is 4.91 Å². The predicted octanol–water partition coefficient (Wildman–Crippen LogP) is 1.45. The summed E-state index contributed by atoms with van der Waals surface area (Å²) in [6.07, 6.45) is 0. The first-order chi connectivity index (χ1) is 6.20. The van der Waals surface area contributed by atoms with Crippen molar-refractivity contribution < 1.29 is 9.53 Å². The maximum absolute atomic E-state index is 11.1. The molecule has 0 bridgehead atoms. The molecule has 0 heterocycles. The van der Waals surface area contributed by atoms with Crippen LogP contribution in [0.5, 0.6) is 0 Å². The van der Waals surface area contributed by atoms with Crippen molar-refractivity contribution in [3.63, 3.8) is 0 Å². The van der Waals surface area contributed by atoms with Gasteiger partial charge in [0.25, 0.3) is 0 Å². The molecule has 0 atom stereocenters. The quantitative estimate of drug-likeness (QED) is 0.424. The van der Waals surface area contributed by atoms with Crippen molar-refractivity contribution in [2.75, 3.05) is 12.8 Å². The maximum Gasteiger partial charge on any atom is 0.340 e.